The molecule has 0 nitrogen and oxygen atoms in total. The van der Waals surface area contributed by atoms with Crippen LogP contribution in [0.15, 0.2) is 78.9 Å². The van der Waals surface area contributed by atoms with Gasteiger partial charge in [-0.3, -0.25) is 0 Å². The van der Waals surface area contributed by atoms with Crippen LogP contribution in [0.4, 0.5) is 0 Å². The normalized spacial score (nSPS) is 11.3. The van der Waals surface area contributed by atoms with Gasteiger partial charge in [-0.05, 0) is 23.7 Å². The Kier molecular flexibility index (Phi) is 13.6. The first-order valence-electron chi connectivity index (χ1n) is 15.7. The molecule has 0 unspecified atom stereocenters. The van der Waals surface area contributed by atoms with Crippen LogP contribution in [0.2, 0.25) is 6.55 Å². The van der Waals surface area contributed by atoms with Gasteiger partial charge in [-0.15, -0.1) is 56.9 Å². The summed E-state index contributed by atoms with van der Waals surface area (Å²) in [4.78, 5) is 0. The average molecular weight is 709 g/mol. The molecule has 0 atom stereocenters. The number of benzene rings is 3. The molecule has 0 heterocycles. The van der Waals surface area contributed by atoms with Crippen LogP contribution in [-0.2, 0) is 18.0 Å². The van der Waals surface area contributed by atoms with E-state index >= 15 is 0 Å². The van der Waals surface area contributed by atoms with Crippen molar-refractivity contribution >= 4 is 49.2 Å². The number of hydrogen-bond acceptors (Lipinski definition) is 0. The van der Waals surface area contributed by atoms with Gasteiger partial charge in [-0.1, -0.05) is 104 Å². The molecule has 0 fully saturated rings. The zero-order valence-corrected chi connectivity index (χ0v) is 33.0. The summed E-state index contributed by atoms with van der Waals surface area (Å²) in [6, 6.07) is 29.0. The summed E-state index contributed by atoms with van der Waals surface area (Å²) in [7, 11) is 11.9. The molecule has 0 saturated heterocycles. The number of halogens is 2. The van der Waals surface area contributed by atoms with Crippen molar-refractivity contribution in [2.75, 3.05) is 0 Å². The van der Waals surface area contributed by atoms with Gasteiger partial charge in [0.25, 0.3) is 0 Å². The molecular weight excluding hydrogens is 659 g/mol. The maximum absolute atomic E-state index is 5.97. The Labute approximate surface area is 276 Å². The molecule has 4 heteroatoms. The molecule has 0 aliphatic carbocycles. The molecule has 0 aliphatic rings. The first-order chi connectivity index (χ1) is 20.2. The van der Waals surface area contributed by atoms with Crippen molar-refractivity contribution in [3.63, 3.8) is 0 Å². The fourth-order valence-electron chi connectivity index (χ4n) is 5.47. The van der Waals surface area contributed by atoms with Gasteiger partial charge in [0.1, 0.15) is 0 Å². The smallest absolute Gasteiger partial charge is 0.0306 e. The molecule has 5 rings (SSSR count). The first-order valence-corrected chi connectivity index (χ1v) is 27.7. The average Bonchev–Trinajstić information content (AvgIpc) is 3.52. The predicted molar refractivity (Wildman–Crippen MR) is 194 cm³/mol. The van der Waals surface area contributed by atoms with E-state index < -0.39 is 23.4 Å². The summed E-state index contributed by atoms with van der Waals surface area (Å²) in [5.41, 5.74) is 8.10. The number of rotatable bonds is 5. The van der Waals surface area contributed by atoms with E-state index in [0.717, 1.165) is 0 Å². The van der Waals surface area contributed by atoms with Crippen LogP contribution >= 0.6 is 17.0 Å². The third-order valence-corrected chi connectivity index (χ3v) is 26.2. The minimum Gasteiger partial charge on any atom is -0.165 e. The molecule has 0 aromatic heterocycles. The van der Waals surface area contributed by atoms with Crippen molar-refractivity contribution in [2.24, 2.45) is 0 Å². The molecule has 5 aromatic carbocycles. The van der Waals surface area contributed by atoms with Crippen molar-refractivity contribution in [1.82, 2.24) is 0 Å². The van der Waals surface area contributed by atoms with Crippen molar-refractivity contribution < 1.29 is 18.0 Å². The minimum absolute atomic E-state index is 0.557. The summed E-state index contributed by atoms with van der Waals surface area (Å²) in [5.74, 6) is 2.42. The molecule has 230 valence electrons. The third-order valence-electron chi connectivity index (χ3n) is 8.11. The van der Waals surface area contributed by atoms with Crippen LogP contribution in [0.5, 0.6) is 0 Å². The van der Waals surface area contributed by atoms with E-state index in [-0.39, 0.29) is 0 Å². The van der Waals surface area contributed by atoms with Crippen molar-refractivity contribution in [1.29, 1.82) is 0 Å². The fourth-order valence-corrected chi connectivity index (χ4v) is 13.1. The molecule has 0 N–H and O–H groups in total. The third kappa shape index (κ3) is 9.77. The summed E-state index contributed by atoms with van der Waals surface area (Å²) >= 11 is -1.95. The standard InChI is InChI=1S/2C16H21.C7H8Si.2ClH.Zr/c2*1-10(2)13-8-14-6-12(5)7-16(14)15(9-13)11(3)4;1-8-7-5-3-2-4-6-7;;;/h2*6-11H,1-5H3;2-6H,1H3;2*1H;/q2*-1;;;;+2/p-2. The Morgan fingerprint density at radius 1 is 0.581 bits per heavy atom. The van der Waals surface area contributed by atoms with Gasteiger partial charge < -0.3 is 0 Å². The van der Waals surface area contributed by atoms with Crippen LogP contribution in [-0.4, -0.2) is 5.43 Å². The topological polar surface area (TPSA) is 0 Å². The molecule has 0 saturated carbocycles. The summed E-state index contributed by atoms with van der Waals surface area (Å²) in [5, 5.41) is 7.07. The van der Waals surface area contributed by atoms with Gasteiger partial charge in [-0.2, -0.15) is 12.1 Å². The van der Waals surface area contributed by atoms with Crippen molar-refractivity contribution in [3.8, 4) is 0 Å². The van der Waals surface area contributed by atoms with Gasteiger partial charge in [0.15, 0.2) is 0 Å². The van der Waals surface area contributed by atoms with E-state index in [0.29, 0.717) is 23.7 Å². The van der Waals surface area contributed by atoms with Gasteiger partial charge in [0.05, 0.1) is 0 Å². The van der Waals surface area contributed by atoms with E-state index in [1.165, 1.54) is 60.1 Å². The summed E-state index contributed by atoms with van der Waals surface area (Å²) < 4.78 is 0. The molecule has 0 amide bonds. The Morgan fingerprint density at radius 2 is 0.977 bits per heavy atom. The monoisotopic (exact) mass is 706 g/mol. The van der Waals surface area contributed by atoms with Crippen LogP contribution in [0.25, 0.3) is 21.5 Å². The van der Waals surface area contributed by atoms with E-state index in [1.54, 1.807) is 0 Å². The number of aryl methyl sites for hydroxylation is 2. The van der Waals surface area contributed by atoms with Gasteiger partial charge in [-0.25, -0.2) is 0 Å². The molecule has 0 spiro atoms. The van der Waals surface area contributed by atoms with E-state index in [2.05, 4.69) is 136 Å². The summed E-state index contributed by atoms with van der Waals surface area (Å²) in [6.07, 6.45) is 0. The SMILES string of the molecule is C[Si](c1ccccc1)=[Zr]([Cl])[Cl].Cc1cc2c(C(C)C)cc(C(C)C)cc2[cH-]1.Cc1cc2c(C(C)C)cc(C(C)C)cc2[cH-]1. The predicted octanol–water partition coefficient (Wildman–Crippen LogP) is 12.7. The van der Waals surface area contributed by atoms with Crippen LogP contribution < -0.4 is 5.19 Å². The Morgan fingerprint density at radius 3 is 1.30 bits per heavy atom. The fraction of sp³-hybridized carbons (Fsp3) is 0.385. The van der Waals surface area contributed by atoms with Crippen molar-refractivity contribution in [2.45, 2.75) is 99.5 Å². The molecule has 0 radical (unpaired) electrons. The largest absolute Gasteiger partial charge is 0.165 e. The van der Waals surface area contributed by atoms with Crippen molar-refractivity contribution in [3.05, 3.63) is 112 Å². The van der Waals surface area contributed by atoms with Crippen LogP contribution in [0.1, 0.15) is 112 Å². The second-order valence-electron chi connectivity index (χ2n) is 13.2. The molecule has 5 aromatic rings. The Hall–Kier alpha value is -1.44. The number of hydrogen-bond donors (Lipinski definition) is 0. The second-order valence-corrected chi connectivity index (χ2v) is 34.1. The minimum atomic E-state index is -1.95. The molecule has 43 heavy (non-hydrogen) atoms. The van der Waals surface area contributed by atoms with Gasteiger partial charge in [0.2, 0.25) is 0 Å². The second kappa shape index (κ2) is 16.2. The zero-order chi connectivity index (χ0) is 32.0. The van der Waals surface area contributed by atoms with Gasteiger partial charge in [0, 0.05) is 0 Å². The Bertz CT molecular complexity index is 1570. The zero-order valence-electron chi connectivity index (χ0n) is 28.1. The molecule has 0 aliphatic heterocycles. The number of fused-ring (bicyclic) bond motifs is 2. The molecule has 0 bridgehead atoms. The van der Waals surface area contributed by atoms with Crippen LogP contribution in [0, 0.1) is 13.8 Å². The van der Waals surface area contributed by atoms with E-state index in [4.69, 9.17) is 17.0 Å². The Balaban J connectivity index is 0.000000180. The first kappa shape index (κ1) is 36.0. The van der Waals surface area contributed by atoms with E-state index in [9.17, 15) is 0 Å². The van der Waals surface area contributed by atoms with Gasteiger partial charge >= 0.3 is 82.5 Å². The maximum atomic E-state index is 5.97. The van der Waals surface area contributed by atoms with E-state index in [1.807, 2.05) is 18.2 Å². The summed E-state index contributed by atoms with van der Waals surface area (Å²) in [6.45, 7) is 24.7. The maximum Gasteiger partial charge on any atom is -0.0306 e. The van der Waals surface area contributed by atoms with Crippen LogP contribution in [0.3, 0.4) is 0 Å². The molecular formula is C39H50Cl2SiZr-2. The quantitative estimate of drug-likeness (QED) is 0.126.